The van der Waals surface area contributed by atoms with Crippen molar-refractivity contribution in [3.05, 3.63) is 69.0 Å². The standard InChI is InChI=1S/C28H34Cl2F4N4O2/c1-35(15-19-3-5-22(25(31)13-19)28(32,33)34)26-17-38(16-21(26)20-4-6-23(29)24(30)14-20)27(40)18-37-10-8-36(9-11-37)7-2-12-39/h3-6,13-14,21,26,39H,2,7-12,15-18H2,1H3. The molecule has 2 unspecified atom stereocenters. The summed E-state index contributed by atoms with van der Waals surface area (Å²) in [6.07, 6.45) is -4.03. The largest absolute Gasteiger partial charge is 0.419 e. The smallest absolute Gasteiger partial charge is 0.396 e. The minimum atomic E-state index is -4.76. The minimum absolute atomic E-state index is 0.00495. The highest BCUT2D eigenvalue weighted by molar-refractivity contribution is 6.42. The number of carbonyl (C=O) groups excluding carboxylic acids is 1. The van der Waals surface area contributed by atoms with Crippen molar-refractivity contribution >= 4 is 29.1 Å². The van der Waals surface area contributed by atoms with Gasteiger partial charge in [0, 0.05) is 70.9 Å². The van der Waals surface area contributed by atoms with Gasteiger partial charge in [0.1, 0.15) is 5.82 Å². The fourth-order valence-corrected chi connectivity index (χ4v) is 5.86. The molecular formula is C28H34Cl2F4N4O2. The van der Waals surface area contributed by atoms with E-state index >= 15 is 0 Å². The van der Waals surface area contributed by atoms with Crippen molar-refractivity contribution in [2.75, 3.05) is 66.0 Å². The van der Waals surface area contributed by atoms with E-state index in [-0.39, 0.29) is 31.0 Å². The van der Waals surface area contributed by atoms with Gasteiger partial charge in [0.05, 0.1) is 22.2 Å². The highest BCUT2D eigenvalue weighted by atomic mass is 35.5. The molecule has 2 fully saturated rings. The van der Waals surface area contributed by atoms with E-state index < -0.39 is 17.6 Å². The molecule has 0 radical (unpaired) electrons. The second-order valence-corrected chi connectivity index (χ2v) is 11.4. The van der Waals surface area contributed by atoms with Crippen LogP contribution in [0.15, 0.2) is 36.4 Å². The molecule has 1 N–H and O–H groups in total. The second kappa shape index (κ2) is 13.4. The third-order valence-electron chi connectivity index (χ3n) is 7.81. The summed E-state index contributed by atoms with van der Waals surface area (Å²) in [5.74, 6) is -1.43. The van der Waals surface area contributed by atoms with Crippen LogP contribution in [0.1, 0.15) is 29.0 Å². The molecule has 220 valence electrons. The van der Waals surface area contributed by atoms with Gasteiger partial charge in [0.25, 0.3) is 0 Å². The number of rotatable bonds is 9. The maximum Gasteiger partial charge on any atom is 0.419 e. The second-order valence-electron chi connectivity index (χ2n) is 10.6. The van der Waals surface area contributed by atoms with Gasteiger partial charge in [0.15, 0.2) is 0 Å². The number of benzene rings is 2. The molecule has 2 aromatic rings. The summed E-state index contributed by atoms with van der Waals surface area (Å²) >= 11 is 12.4. The normalized spacial score (nSPS) is 21.0. The zero-order valence-electron chi connectivity index (χ0n) is 22.3. The molecule has 0 aliphatic carbocycles. The maximum atomic E-state index is 14.2. The Labute approximate surface area is 242 Å². The zero-order valence-corrected chi connectivity index (χ0v) is 23.8. The van der Waals surface area contributed by atoms with Gasteiger partial charge in [-0.1, -0.05) is 35.3 Å². The van der Waals surface area contributed by atoms with E-state index in [9.17, 15) is 22.4 Å². The lowest BCUT2D eigenvalue weighted by atomic mass is 9.93. The number of hydrogen-bond acceptors (Lipinski definition) is 5. The van der Waals surface area contributed by atoms with E-state index in [1.807, 2.05) is 22.9 Å². The molecule has 2 aliphatic heterocycles. The first kappa shape index (κ1) is 31.0. The molecule has 6 nitrogen and oxygen atoms in total. The van der Waals surface area contributed by atoms with Gasteiger partial charge in [-0.05, 0) is 48.9 Å². The van der Waals surface area contributed by atoms with Gasteiger partial charge in [-0.3, -0.25) is 14.6 Å². The number of likely N-dealkylation sites (N-methyl/N-ethyl adjacent to an activating group) is 1. The Morgan fingerprint density at radius 1 is 1.02 bits per heavy atom. The summed E-state index contributed by atoms with van der Waals surface area (Å²) in [4.78, 5) is 21.6. The third kappa shape index (κ3) is 7.66. The van der Waals surface area contributed by atoms with E-state index in [0.29, 0.717) is 35.2 Å². The van der Waals surface area contributed by atoms with Crippen molar-refractivity contribution in [3.63, 3.8) is 0 Å². The van der Waals surface area contributed by atoms with Gasteiger partial charge in [-0.15, -0.1) is 0 Å². The van der Waals surface area contributed by atoms with E-state index in [2.05, 4.69) is 9.80 Å². The molecule has 2 atom stereocenters. The first-order chi connectivity index (χ1) is 19.0. The number of nitrogens with zero attached hydrogens (tertiary/aromatic N) is 4. The molecule has 2 heterocycles. The Kier molecular flexibility index (Phi) is 10.3. The number of halogens is 6. The molecule has 2 aromatic carbocycles. The lowest BCUT2D eigenvalue weighted by molar-refractivity contribution is -0.140. The predicted molar refractivity (Wildman–Crippen MR) is 147 cm³/mol. The summed E-state index contributed by atoms with van der Waals surface area (Å²) in [6.45, 7) is 5.58. The summed E-state index contributed by atoms with van der Waals surface area (Å²) in [7, 11) is 1.82. The zero-order chi connectivity index (χ0) is 29.0. The number of carbonyl (C=O) groups is 1. The molecule has 2 aliphatic rings. The number of hydrogen-bond donors (Lipinski definition) is 1. The van der Waals surface area contributed by atoms with Crippen LogP contribution in [0.2, 0.25) is 10.0 Å². The third-order valence-corrected chi connectivity index (χ3v) is 8.55. The van der Waals surface area contributed by atoms with E-state index in [4.69, 9.17) is 28.3 Å². The Morgan fingerprint density at radius 2 is 1.73 bits per heavy atom. The molecule has 40 heavy (non-hydrogen) atoms. The van der Waals surface area contributed by atoms with E-state index in [0.717, 1.165) is 56.8 Å². The average Bonchev–Trinajstić information content (AvgIpc) is 3.35. The van der Waals surface area contributed by atoms with Crippen LogP contribution in [0.3, 0.4) is 0 Å². The number of likely N-dealkylation sites (tertiary alicyclic amines) is 1. The molecule has 0 bridgehead atoms. The van der Waals surface area contributed by atoms with Crippen molar-refractivity contribution in [2.24, 2.45) is 0 Å². The lowest BCUT2D eigenvalue weighted by Crippen LogP contribution is -2.50. The summed E-state index contributed by atoms with van der Waals surface area (Å²) in [5.41, 5.74) is 0.0156. The monoisotopic (exact) mass is 604 g/mol. The van der Waals surface area contributed by atoms with Gasteiger partial charge in [-0.2, -0.15) is 13.2 Å². The molecule has 0 spiro atoms. The SMILES string of the molecule is CN(Cc1ccc(C(F)(F)F)c(F)c1)C1CN(C(=O)CN2CCN(CCCO)CC2)CC1c1ccc(Cl)c(Cl)c1. The number of aliphatic hydroxyl groups is 1. The summed E-state index contributed by atoms with van der Waals surface area (Å²) in [5, 5.41) is 9.87. The predicted octanol–water partition coefficient (Wildman–Crippen LogP) is 4.58. The van der Waals surface area contributed by atoms with Crippen LogP contribution in [0, 0.1) is 5.82 Å². The van der Waals surface area contributed by atoms with Crippen molar-refractivity contribution in [1.29, 1.82) is 0 Å². The van der Waals surface area contributed by atoms with Crippen LogP contribution in [-0.2, 0) is 17.5 Å². The van der Waals surface area contributed by atoms with Crippen molar-refractivity contribution in [2.45, 2.75) is 31.1 Å². The van der Waals surface area contributed by atoms with Crippen molar-refractivity contribution < 1.29 is 27.5 Å². The van der Waals surface area contributed by atoms with Gasteiger partial charge < -0.3 is 14.9 Å². The Hall–Kier alpha value is -1.95. The Morgan fingerprint density at radius 3 is 2.35 bits per heavy atom. The van der Waals surface area contributed by atoms with Gasteiger partial charge >= 0.3 is 6.18 Å². The quantitative estimate of drug-likeness (QED) is 0.425. The number of amides is 1. The average molecular weight is 606 g/mol. The summed E-state index contributed by atoms with van der Waals surface area (Å²) in [6, 6.07) is 8.16. The van der Waals surface area contributed by atoms with Crippen molar-refractivity contribution in [1.82, 2.24) is 19.6 Å². The number of alkyl halides is 3. The maximum absolute atomic E-state index is 14.2. The first-order valence-electron chi connectivity index (χ1n) is 13.3. The molecular weight excluding hydrogens is 571 g/mol. The highest BCUT2D eigenvalue weighted by Crippen LogP contribution is 2.36. The summed E-state index contributed by atoms with van der Waals surface area (Å²) < 4.78 is 53.3. The van der Waals surface area contributed by atoms with Crippen LogP contribution in [-0.4, -0.2) is 103 Å². The molecule has 2 saturated heterocycles. The lowest BCUT2D eigenvalue weighted by Gasteiger charge is -2.35. The van der Waals surface area contributed by atoms with Crippen LogP contribution in [0.25, 0.3) is 0 Å². The Balaban J connectivity index is 1.46. The van der Waals surface area contributed by atoms with Crippen LogP contribution in [0.4, 0.5) is 17.6 Å². The fourth-order valence-electron chi connectivity index (χ4n) is 5.56. The Bertz CT molecular complexity index is 1180. The number of piperazine rings is 1. The molecule has 12 heteroatoms. The topological polar surface area (TPSA) is 50.3 Å². The molecule has 4 rings (SSSR count). The fraction of sp³-hybridized carbons (Fsp3) is 0.536. The van der Waals surface area contributed by atoms with Crippen LogP contribution < -0.4 is 0 Å². The highest BCUT2D eigenvalue weighted by Gasteiger charge is 2.39. The van der Waals surface area contributed by atoms with E-state index in [1.165, 1.54) is 6.07 Å². The molecule has 0 saturated carbocycles. The van der Waals surface area contributed by atoms with Crippen LogP contribution >= 0.6 is 23.2 Å². The van der Waals surface area contributed by atoms with E-state index in [1.54, 1.807) is 12.1 Å². The van der Waals surface area contributed by atoms with Crippen molar-refractivity contribution in [3.8, 4) is 0 Å². The van der Waals surface area contributed by atoms with Gasteiger partial charge in [-0.25, -0.2) is 4.39 Å². The molecule has 0 aromatic heterocycles. The van der Waals surface area contributed by atoms with Crippen LogP contribution in [0.5, 0.6) is 0 Å². The minimum Gasteiger partial charge on any atom is -0.396 e. The van der Waals surface area contributed by atoms with Gasteiger partial charge in [0.2, 0.25) is 5.91 Å². The molecule has 1 amide bonds. The number of aliphatic hydroxyl groups excluding tert-OH is 1. The first-order valence-corrected chi connectivity index (χ1v) is 14.1.